The maximum atomic E-state index is 14.2. The zero-order valence-electron chi connectivity index (χ0n) is 18.6. The number of para-hydroxylation sites is 1. The summed E-state index contributed by atoms with van der Waals surface area (Å²) in [6.07, 6.45) is -2.59. The minimum Gasteiger partial charge on any atom is -0.419 e. The van der Waals surface area contributed by atoms with E-state index in [-0.39, 0.29) is 17.7 Å². The molecule has 2 aromatic rings. The Labute approximate surface area is 191 Å². The van der Waals surface area contributed by atoms with Crippen molar-refractivity contribution in [3.8, 4) is 0 Å². The van der Waals surface area contributed by atoms with Crippen molar-refractivity contribution in [2.45, 2.75) is 13.0 Å². The first kappa shape index (κ1) is 26.0. The standard InChI is InChI=1S/C17H14F3N3O2.C6H14N2/c18-14-8-11(16(21)25-17(22)15(19)20)6-7-12(14)9-23(10-24)13-4-2-1-3-5-13;1-7-3-5-8(2)6-4-7/h1-8,10,15,21-22H,9H2;3-6H2,1-2H3. The molecule has 1 aliphatic heterocycles. The average molecular weight is 464 g/mol. The number of ether oxygens (including phenoxy) is 1. The van der Waals surface area contributed by atoms with Crippen molar-refractivity contribution in [1.82, 2.24) is 9.80 Å². The van der Waals surface area contributed by atoms with Crippen LogP contribution in [0.5, 0.6) is 0 Å². The molecule has 0 atom stereocenters. The Kier molecular flexibility index (Phi) is 10.0. The Balaban J connectivity index is 0.000000405. The second-order valence-corrected chi connectivity index (χ2v) is 7.58. The molecule has 2 aromatic carbocycles. The van der Waals surface area contributed by atoms with Gasteiger partial charge in [0.15, 0.2) is 0 Å². The third-order valence-corrected chi connectivity index (χ3v) is 5.01. The summed E-state index contributed by atoms with van der Waals surface area (Å²) in [7, 11) is 4.35. The molecule has 0 aliphatic carbocycles. The molecule has 1 amide bonds. The highest BCUT2D eigenvalue weighted by Crippen LogP contribution is 2.18. The molecular formula is C23H28F3N5O2. The number of rotatable bonds is 6. The Morgan fingerprint density at radius 1 is 1.06 bits per heavy atom. The molecule has 1 saturated heterocycles. The van der Waals surface area contributed by atoms with Crippen LogP contribution in [0.15, 0.2) is 48.5 Å². The number of amides is 1. The molecule has 0 saturated carbocycles. The number of nitrogens with zero attached hydrogens (tertiary/aromatic N) is 3. The molecule has 0 spiro atoms. The highest BCUT2D eigenvalue weighted by molar-refractivity contribution is 5.99. The van der Waals surface area contributed by atoms with Gasteiger partial charge in [0, 0.05) is 43.0 Å². The van der Waals surface area contributed by atoms with Gasteiger partial charge in [-0.05, 0) is 38.4 Å². The van der Waals surface area contributed by atoms with Crippen LogP contribution < -0.4 is 4.90 Å². The molecule has 1 heterocycles. The fraction of sp³-hybridized carbons (Fsp3) is 0.348. The van der Waals surface area contributed by atoms with Gasteiger partial charge in [-0.2, -0.15) is 8.78 Å². The largest absolute Gasteiger partial charge is 0.419 e. The van der Waals surface area contributed by atoms with E-state index in [4.69, 9.17) is 10.8 Å². The second-order valence-electron chi connectivity index (χ2n) is 7.58. The predicted molar refractivity (Wildman–Crippen MR) is 122 cm³/mol. The summed E-state index contributed by atoms with van der Waals surface area (Å²) < 4.78 is 43.0. The number of likely N-dealkylation sites (N-methyl/N-ethyl adjacent to an activating group) is 2. The molecule has 0 radical (unpaired) electrons. The van der Waals surface area contributed by atoms with Crippen molar-refractivity contribution < 1.29 is 22.7 Å². The molecular weight excluding hydrogens is 435 g/mol. The summed E-state index contributed by atoms with van der Waals surface area (Å²) in [5, 5.41) is 14.4. The SMILES string of the molecule is CN1CCN(C)CC1.N=C(OC(=N)C(F)F)c1ccc(CN(C=O)c2ccccc2)c(F)c1. The van der Waals surface area contributed by atoms with Crippen LogP contribution >= 0.6 is 0 Å². The van der Waals surface area contributed by atoms with Gasteiger partial charge in [0.1, 0.15) is 5.82 Å². The predicted octanol–water partition coefficient (Wildman–Crippen LogP) is 3.44. The van der Waals surface area contributed by atoms with E-state index in [0.717, 1.165) is 6.07 Å². The lowest BCUT2D eigenvalue weighted by Crippen LogP contribution is -2.42. The van der Waals surface area contributed by atoms with E-state index in [1.165, 1.54) is 43.2 Å². The van der Waals surface area contributed by atoms with Crippen molar-refractivity contribution in [2.75, 3.05) is 45.2 Å². The first-order valence-electron chi connectivity index (χ1n) is 10.3. The van der Waals surface area contributed by atoms with Crippen molar-refractivity contribution in [1.29, 1.82) is 10.8 Å². The van der Waals surface area contributed by atoms with E-state index in [9.17, 15) is 18.0 Å². The van der Waals surface area contributed by atoms with Crippen molar-refractivity contribution in [2.24, 2.45) is 0 Å². The normalized spacial score (nSPS) is 14.2. The minimum atomic E-state index is -3.16. The maximum absolute atomic E-state index is 14.2. The first-order valence-corrected chi connectivity index (χ1v) is 10.3. The number of anilines is 1. The Morgan fingerprint density at radius 2 is 1.64 bits per heavy atom. The minimum absolute atomic E-state index is 0.0410. The van der Waals surface area contributed by atoms with E-state index in [1.807, 2.05) is 0 Å². The molecule has 33 heavy (non-hydrogen) atoms. The van der Waals surface area contributed by atoms with Gasteiger partial charge in [0.2, 0.25) is 12.3 Å². The van der Waals surface area contributed by atoms with Gasteiger partial charge in [0.25, 0.3) is 5.90 Å². The number of benzene rings is 2. The van der Waals surface area contributed by atoms with Crippen LogP contribution in [0, 0.1) is 16.6 Å². The van der Waals surface area contributed by atoms with Gasteiger partial charge in [-0.25, -0.2) is 4.39 Å². The number of alkyl halides is 2. The topological polar surface area (TPSA) is 83.7 Å². The van der Waals surface area contributed by atoms with Crippen molar-refractivity contribution >= 4 is 23.9 Å². The zero-order chi connectivity index (χ0) is 24.4. The van der Waals surface area contributed by atoms with Crippen molar-refractivity contribution in [3.05, 3.63) is 65.5 Å². The van der Waals surface area contributed by atoms with E-state index >= 15 is 0 Å². The average Bonchev–Trinajstić information content (AvgIpc) is 2.81. The van der Waals surface area contributed by atoms with E-state index in [1.54, 1.807) is 30.3 Å². The van der Waals surface area contributed by atoms with Crippen molar-refractivity contribution in [3.63, 3.8) is 0 Å². The first-order chi connectivity index (χ1) is 15.7. The Hall–Kier alpha value is -3.24. The fourth-order valence-electron chi connectivity index (χ4n) is 2.93. The highest BCUT2D eigenvalue weighted by atomic mass is 19.3. The number of nitrogens with one attached hydrogen (secondary N) is 2. The lowest BCUT2D eigenvalue weighted by Gasteiger charge is -2.28. The maximum Gasteiger partial charge on any atom is 0.312 e. The number of hydrogen-bond donors (Lipinski definition) is 2. The van der Waals surface area contributed by atoms with Crippen LogP contribution in [0.25, 0.3) is 0 Å². The van der Waals surface area contributed by atoms with Gasteiger partial charge in [-0.15, -0.1) is 0 Å². The molecule has 3 rings (SSSR count). The molecule has 1 aliphatic rings. The Bertz CT molecular complexity index is 925. The summed E-state index contributed by atoms with van der Waals surface area (Å²) in [5.74, 6) is -2.87. The zero-order valence-corrected chi connectivity index (χ0v) is 18.6. The van der Waals surface area contributed by atoms with Crippen LogP contribution in [0.3, 0.4) is 0 Å². The third-order valence-electron chi connectivity index (χ3n) is 5.01. The Morgan fingerprint density at radius 3 is 2.12 bits per heavy atom. The third kappa shape index (κ3) is 8.32. The number of hydrogen-bond acceptors (Lipinski definition) is 6. The monoisotopic (exact) mass is 463 g/mol. The summed E-state index contributed by atoms with van der Waals surface area (Å²) >= 11 is 0. The number of piperazine rings is 1. The van der Waals surface area contributed by atoms with E-state index < -0.39 is 24.0 Å². The summed E-state index contributed by atoms with van der Waals surface area (Å²) in [4.78, 5) is 17.3. The van der Waals surface area contributed by atoms with Crippen LogP contribution in [0.1, 0.15) is 11.1 Å². The van der Waals surface area contributed by atoms with Crippen LogP contribution in [-0.2, 0) is 16.1 Å². The molecule has 7 nitrogen and oxygen atoms in total. The van der Waals surface area contributed by atoms with Crippen LogP contribution in [0.4, 0.5) is 18.9 Å². The molecule has 2 N–H and O–H groups in total. The number of carbonyl (C=O) groups excluding carboxylic acids is 1. The number of carbonyl (C=O) groups is 1. The van der Waals surface area contributed by atoms with Gasteiger partial charge in [0.05, 0.1) is 6.54 Å². The summed E-state index contributed by atoms with van der Waals surface area (Å²) in [6.45, 7) is 4.89. The summed E-state index contributed by atoms with van der Waals surface area (Å²) in [5.41, 5.74) is 0.669. The quantitative estimate of drug-likeness (QED) is 0.391. The van der Waals surface area contributed by atoms with Gasteiger partial charge in [-0.3, -0.25) is 15.6 Å². The molecule has 0 unspecified atom stereocenters. The van der Waals surface area contributed by atoms with Gasteiger partial charge >= 0.3 is 6.43 Å². The molecule has 0 aromatic heterocycles. The molecule has 0 bridgehead atoms. The lowest BCUT2D eigenvalue weighted by molar-refractivity contribution is -0.107. The van der Waals surface area contributed by atoms with Crippen LogP contribution in [0.2, 0.25) is 0 Å². The highest BCUT2D eigenvalue weighted by Gasteiger charge is 2.17. The molecule has 1 fully saturated rings. The fourth-order valence-corrected chi connectivity index (χ4v) is 2.93. The molecule has 178 valence electrons. The second kappa shape index (κ2) is 12.7. The van der Waals surface area contributed by atoms with Crippen LogP contribution in [-0.4, -0.2) is 74.7 Å². The molecule has 10 heteroatoms. The summed E-state index contributed by atoms with van der Waals surface area (Å²) in [6, 6.07) is 12.2. The van der Waals surface area contributed by atoms with Gasteiger partial charge in [-0.1, -0.05) is 24.3 Å². The van der Waals surface area contributed by atoms with Gasteiger partial charge < -0.3 is 19.4 Å². The number of halogens is 3. The van der Waals surface area contributed by atoms with E-state index in [2.05, 4.69) is 28.6 Å². The smallest absolute Gasteiger partial charge is 0.312 e. The van der Waals surface area contributed by atoms with E-state index in [0.29, 0.717) is 12.1 Å². The lowest BCUT2D eigenvalue weighted by atomic mass is 10.1.